The molecule has 0 saturated carbocycles. The Morgan fingerprint density at radius 3 is 2.37 bits per heavy atom. The fraction of sp³-hybridized carbons (Fsp3) is 0.533. The molecule has 19 heavy (non-hydrogen) atoms. The molecule has 0 fully saturated rings. The Balaban J connectivity index is 2.32. The van der Waals surface area contributed by atoms with Gasteiger partial charge in [0.2, 0.25) is 0 Å². The summed E-state index contributed by atoms with van der Waals surface area (Å²) in [5, 5.41) is 0. The minimum absolute atomic E-state index is 0.493. The van der Waals surface area contributed by atoms with Gasteiger partial charge < -0.3 is 8.85 Å². The predicted octanol–water partition coefficient (Wildman–Crippen LogP) is 3.18. The molecule has 0 aliphatic rings. The fourth-order valence-corrected chi connectivity index (χ4v) is 3.66. The van der Waals surface area contributed by atoms with Crippen LogP contribution >= 0.6 is 0 Å². The van der Waals surface area contributed by atoms with Crippen LogP contribution in [0.3, 0.4) is 0 Å². The zero-order valence-electron chi connectivity index (χ0n) is 12.2. The first-order chi connectivity index (χ1) is 9.27. The molecule has 0 N–H and O–H groups in total. The lowest BCUT2D eigenvalue weighted by molar-refractivity contribution is 0.204. The van der Waals surface area contributed by atoms with Crippen LogP contribution in [0.15, 0.2) is 35.3 Å². The lowest BCUT2D eigenvalue weighted by atomic mass is 10.2. The molecular weight excluding hydrogens is 254 g/mol. The van der Waals surface area contributed by atoms with Crippen molar-refractivity contribution in [3.63, 3.8) is 0 Å². The van der Waals surface area contributed by atoms with Gasteiger partial charge in [-0.05, 0) is 31.4 Å². The first kappa shape index (κ1) is 16.1. The summed E-state index contributed by atoms with van der Waals surface area (Å²) in [5.74, 6) is 0. The van der Waals surface area contributed by atoms with Gasteiger partial charge >= 0.3 is 9.28 Å². The maximum atomic E-state index is 5.72. The molecule has 0 radical (unpaired) electrons. The summed E-state index contributed by atoms with van der Waals surface area (Å²) in [6.07, 6.45) is 2.96. The van der Waals surface area contributed by atoms with Gasteiger partial charge in [-0.1, -0.05) is 37.3 Å². The van der Waals surface area contributed by atoms with Crippen molar-refractivity contribution in [2.75, 3.05) is 19.8 Å². The third-order valence-electron chi connectivity index (χ3n) is 2.88. The molecule has 0 aromatic heterocycles. The van der Waals surface area contributed by atoms with Gasteiger partial charge in [-0.2, -0.15) is 0 Å². The summed E-state index contributed by atoms with van der Waals surface area (Å²) >= 11 is 0. The summed E-state index contributed by atoms with van der Waals surface area (Å²) in [6.45, 7) is 8.58. The SMILES string of the molecule is CCO[SiH](OCC)C(C)CCN=Cc1ccccc1. The molecule has 1 unspecified atom stereocenters. The van der Waals surface area contributed by atoms with Crippen molar-refractivity contribution < 1.29 is 8.85 Å². The van der Waals surface area contributed by atoms with Crippen molar-refractivity contribution in [3.05, 3.63) is 35.9 Å². The van der Waals surface area contributed by atoms with Gasteiger partial charge in [0.05, 0.1) is 0 Å². The maximum Gasteiger partial charge on any atom is 0.324 e. The lowest BCUT2D eigenvalue weighted by Crippen LogP contribution is -2.28. The average molecular weight is 279 g/mol. The maximum absolute atomic E-state index is 5.72. The second-order valence-electron chi connectivity index (χ2n) is 4.49. The second-order valence-corrected chi connectivity index (χ2v) is 7.03. The van der Waals surface area contributed by atoms with Crippen LogP contribution in [0, 0.1) is 0 Å². The molecule has 0 amide bonds. The third-order valence-corrected chi connectivity index (χ3v) is 5.47. The van der Waals surface area contributed by atoms with Crippen molar-refractivity contribution in [1.82, 2.24) is 0 Å². The molecule has 1 rings (SSSR count). The number of nitrogens with zero attached hydrogens (tertiary/aromatic N) is 1. The predicted molar refractivity (Wildman–Crippen MR) is 83.3 cm³/mol. The van der Waals surface area contributed by atoms with Crippen molar-refractivity contribution in [2.24, 2.45) is 4.99 Å². The van der Waals surface area contributed by atoms with Crippen LogP contribution in [0.25, 0.3) is 0 Å². The molecule has 4 heteroatoms. The number of aliphatic imine (C=N–C) groups is 1. The molecule has 0 spiro atoms. The van der Waals surface area contributed by atoms with E-state index < -0.39 is 9.28 Å². The van der Waals surface area contributed by atoms with E-state index in [9.17, 15) is 0 Å². The van der Waals surface area contributed by atoms with Gasteiger partial charge in [0, 0.05) is 26.0 Å². The summed E-state index contributed by atoms with van der Waals surface area (Å²) in [7, 11) is -1.52. The summed E-state index contributed by atoms with van der Waals surface area (Å²) < 4.78 is 11.4. The Morgan fingerprint density at radius 2 is 1.79 bits per heavy atom. The highest BCUT2D eigenvalue weighted by Gasteiger charge is 2.20. The van der Waals surface area contributed by atoms with E-state index in [0.29, 0.717) is 5.54 Å². The Hall–Kier alpha value is -0.973. The van der Waals surface area contributed by atoms with E-state index in [1.54, 1.807) is 0 Å². The Labute approximate surface area is 118 Å². The molecule has 1 atom stereocenters. The Morgan fingerprint density at radius 1 is 1.16 bits per heavy atom. The van der Waals surface area contributed by atoms with Gasteiger partial charge in [-0.25, -0.2) is 0 Å². The van der Waals surface area contributed by atoms with E-state index in [4.69, 9.17) is 8.85 Å². The molecule has 0 aliphatic carbocycles. The van der Waals surface area contributed by atoms with E-state index in [0.717, 1.165) is 31.7 Å². The van der Waals surface area contributed by atoms with Gasteiger partial charge in [-0.15, -0.1) is 0 Å². The van der Waals surface area contributed by atoms with E-state index >= 15 is 0 Å². The smallest absolute Gasteiger partial charge is 0.324 e. The monoisotopic (exact) mass is 279 g/mol. The standard InChI is InChI=1S/C15H25NO2Si/c1-4-17-19(18-5-2)14(3)11-12-16-13-15-9-7-6-8-10-15/h6-10,13-14,19H,4-5,11-12H2,1-3H3. The summed E-state index contributed by atoms with van der Waals surface area (Å²) in [6, 6.07) is 10.2. The molecule has 1 aromatic rings. The molecule has 1 aromatic carbocycles. The first-order valence-electron chi connectivity index (χ1n) is 7.06. The summed E-state index contributed by atoms with van der Waals surface area (Å²) in [5.41, 5.74) is 1.64. The Bertz CT molecular complexity index is 350. The fourth-order valence-electron chi connectivity index (χ4n) is 1.83. The van der Waals surface area contributed by atoms with Crippen LogP contribution in [-0.2, 0) is 8.85 Å². The number of hydrogen-bond donors (Lipinski definition) is 0. The molecular formula is C15H25NO2Si. The van der Waals surface area contributed by atoms with Gasteiger partial charge in [0.1, 0.15) is 0 Å². The minimum atomic E-state index is -1.52. The van der Waals surface area contributed by atoms with E-state index in [-0.39, 0.29) is 0 Å². The van der Waals surface area contributed by atoms with Gasteiger partial charge in [0.15, 0.2) is 0 Å². The molecule has 0 saturated heterocycles. The van der Waals surface area contributed by atoms with E-state index in [2.05, 4.69) is 24.0 Å². The highest BCUT2D eigenvalue weighted by Crippen LogP contribution is 2.16. The van der Waals surface area contributed by atoms with E-state index in [1.165, 1.54) is 0 Å². The average Bonchev–Trinajstić information content (AvgIpc) is 2.44. The zero-order valence-corrected chi connectivity index (χ0v) is 13.4. The van der Waals surface area contributed by atoms with Crippen LogP contribution < -0.4 is 0 Å². The molecule has 0 heterocycles. The quantitative estimate of drug-likeness (QED) is 0.513. The molecule has 3 nitrogen and oxygen atoms in total. The van der Waals surface area contributed by atoms with Crippen molar-refractivity contribution in [3.8, 4) is 0 Å². The lowest BCUT2D eigenvalue weighted by Gasteiger charge is -2.20. The topological polar surface area (TPSA) is 30.8 Å². The second kappa shape index (κ2) is 9.89. The highest BCUT2D eigenvalue weighted by atomic mass is 28.3. The van der Waals surface area contributed by atoms with Crippen LogP contribution in [0.1, 0.15) is 32.8 Å². The third kappa shape index (κ3) is 6.66. The number of hydrogen-bond acceptors (Lipinski definition) is 3. The normalized spacial score (nSPS) is 13.3. The van der Waals surface area contributed by atoms with Crippen molar-refractivity contribution in [1.29, 1.82) is 0 Å². The van der Waals surface area contributed by atoms with Crippen LogP contribution in [0.5, 0.6) is 0 Å². The highest BCUT2D eigenvalue weighted by molar-refractivity contribution is 6.46. The van der Waals surface area contributed by atoms with Crippen molar-refractivity contribution in [2.45, 2.75) is 32.7 Å². The molecule has 0 aliphatic heterocycles. The van der Waals surface area contributed by atoms with E-state index in [1.807, 2.05) is 38.3 Å². The van der Waals surface area contributed by atoms with Crippen LogP contribution in [0.4, 0.5) is 0 Å². The van der Waals surface area contributed by atoms with Gasteiger partial charge in [-0.3, -0.25) is 4.99 Å². The molecule has 106 valence electrons. The number of benzene rings is 1. The zero-order chi connectivity index (χ0) is 13.9. The van der Waals surface area contributed by atoms with Crippen LogP contribution in [-0.4, -0.2) is 35.3 Å². The largest absolute Gasteiger partial charge is 0.397 e. The summed E-state index contributed by atoms with van der Waals surface area (Å²) in [4.78, 5) is 4.47. The first-order valence-corrected chi connectivity index (χ1v) is 8.67. The molecule has 0 bridgehead atoms. The van der Waals surface area contributed by atoms with Gasteiger partial charge in [0.25, 0.3) is 0 Å². The number of rotatable bonds is 9. The van der Waals surface area contributed by atoms with Crippen molar-refractivity contribution >= 4 is 15.5 Å². The Kier molecular flexibility index (Phi) is 8.37. The van der Waals surface area contributed by atoms with Crippen LogP contribution in [0.2, 0.25) is 5.54 Å². The minimum Gasteiger partial charge on any atom is -0.397 e.